The maximum atomic E-state index is 13.8. The summed E-state index contributed by atoms with van der Waals surface area (Å²) in [5, 5.41) is 4.41. The number of halogens is 1. The van der Waals surface area contributed by atoms with Gasteiger partial charge in [0.1, 0.15) is 5.82 Å². The van der Waals surface area contributed by atoms with Gasteiger partial charge in [-0.3, -0.25) is 4.68 Å². The molecule has 1 heterocycles. The molecule has 1 aromatic heterocycles. The average molecular weight is 275 g/mol. The average Bonchev–Trinajstić information content (AvgIpc) is 2.75. The molecule has 20 heavy (non-hydrogen) atoms. The normalized spacial score (nSPS) is 12.2. The molecule has 2 rings (SSSR count). The minimum absolute atomic E-state index is 0.203. The van der Waals surface area contributed by atoms with Crippen molar-refractivity contribution in [3.63, 3.8) is 0 Å². The molecule has 0 aliphatic carbocycles. The first-order valence-electron chi connectivity index (χ1n) is 6.89. The van der Waals surface area contributed by atoms with E-state index in [1.165, 1.54) is 6.07 Å². The Kier molecular flexibility index (Phi) is 3.95. The van der Waals surface area contributed by atoms with Gasteiger partial charge in [-0.1, -0.05) is 32.0 Å². The molecular formula is C16H22FN3. The van der Waals surface area contributed by atoms with E-state index in [1.807, 2.05) is 24.6 Å². The van der Waals surface area contributed by atoms with Crippen molar-refractivity contribution >= 4 is 0 Å². The molecule has 1 aromatic carbocycles. The lowest BCUT2D eigenvalue weighted by atomic mass is 9.92. The molecule has 0 spiro atoms. The van der Waals surface area contributed by atoms with Crippen molar-refractivity contribution in [2.24, 2.45) is 5.73 Å². The smallest absolute Gasteiger partial charge is 0.128 e. The van der Waals surface area contributed by atoms with Gasteiger partial charge in [0.25, 0.3) is 0 Å². The van der Waals surface area contributed by atoms with Gasteiger partial charge < -0.3 is 5.73 Å². The molecule has 0 radical (unpaired) electrons. The van der Waals surface area contributed by atoms with Gasteiger partial charge >= 0.3 is 0 Å². The van der Waals surface area contributed by atoms with Gasteiger partial charge in [-0.05, 0) is 25.8 Å². The number of nitrogens with two attached hydrogens (primary N) is 1. The van der Waals surface area contributed by atoms with Crippen LogP contribution in [-0.2, 0) is 12.1 Å². The van der Waals surface area contributed by atoms with Crippen LogP contribution >= 0.6 is 0 Å². The summed E-state index contributed by atoms with van der Waals surface area (Å²) in [6.45, 7) is 8.55. The highest BCUT2D eigenvalue weighted by molar-refractivity contribution is 5.29. The number of rotatable bonds is 4. The summed E-state index contributed by atoms with van der Waals surface area (Å²) >= 11 is 0. The summed E-state index contributed by atoms with van der Waals surface area (Å²) in [5.41, 5.74) is 8.48. The van der Waals surface area contributed by atoms with E-state index in [4.69, 9.17) is 5.73 Å². The fourth-order valence-electron chi connectivity index (χ4n) is 2.41. The van der Waals surface area contributed by atoms with Crippen LogP contribution in [0.25, 0.3) is 0 Å². The van der Waals surface area contributed by atoms with Gasteiger partial charge in [0.05, 0.1) is 12.7 Å². The Morgan fingerprint density at radius 3 is 2.50 bits per heavy atom. The van der Waals surface area contributed by atoms with Crippen LogP contribution in [-0.4, -0.2) is 9.78 Å². The zero-order valence-corrected chi connectivity index (χ0v) is 12.5. The number of nitrogens with zero attached hydrogens (tertiary/aromatic N) is 2. The summed E-state index contributed by atoms with van der Waals surface area (Å²) in [7, 11) is 0. The summed E-state index contributed by atoms with van der Waals surface area (Å²) in [5.74, 6) is 0.0772. The van der Waals surface area contributed by atoms with Crippen molar-refractivity contribution in [2.45, 2.75) is 45.7 Å². The lowest BCUT2D eigenvalue weighted by molar-refractivity contribution is 0.527. The fraction of sp³-hybridized carbons (Fsp3) is 0.438. The van der Waals surface area contributed by atoms with E-state index in [2.05, 4.69) is 18.9 Å². The third kappa shape index (κ3) is 2.90. The lowest BCUT2D eigenvalue weighted by Crippen LogP contribution is -2.30. The topological polar surface area (TPSA) is 43.8 Å². The number of hydrogen-bond donors (Lipinski definition) is 1. The molecule has 2 N–H and O–H groups in total. The Balaban J connectivity index is 2.43. The minimum atomic E-state index is -0.451. The van der Waals surface area contributed by atoms with Crippen molar-refractivity contribution < 1.29 is 4.39 Å². The number of hydrogen-bond acceptors (Lipinski definition) is 2. The van der Waals surface area contributed by atoms with Crippen LogP contribution in [0.1, 0.15) is 50.4 Å². The van der Waals surface area contributed by atoms with Crippen molar-refractivity contribution in [3.05, 3.63) is 53.1 Å². The minimum Gasteiger partial charge on any atom is -0.322 e. The van der Waals surface area contributed by atoms with Crippen molar-refractivity contribution in [3.8, 4) is 0 Å². The van der Waals surface area contributed by atoms with Gasteiger partial charge in [0.2, 0.25) is 0 Å². The maximum absolute atomic E-state index is 13.8. The summed E-state index contributed by atoms with van der Waals surface area (Å²) in [6, 6.07) is 6.79. The van der Waals surface area contributed by atoms with E-state index in [0.717, 1.165) is 11.3 Å². The third-order valence-electron chi connectivity index (χ3n) is 3.40. The zero-order valence-electron chi connectivity index (χ0n) is 12.5. The fourth-order valence-corrected chi connectivity index (χ4v) is 2.41. The molecule has 0 atom stereocenters. The molecule has 0 fully saturated rings. The molecule has 3 nitrogen and oxygen atoms in total. The summed E-state index contributed by atoms with van der Waals surface area (Å²) < 4.78 is 15.6. The molecule has 0 unspecified atom stereocenters. The van der Waals surface area contributed by atoms with E-state index in [-0.39, 0.29) is 11.7 Å². The maximum Gasteiger partial charge on any atom is 0.128 e. The Morgan fingerprint density at radius 2 is 1.95 bits per heavy atom. The van der Waals surface area contributed by atoms with Crippen molar-refractivity contribution in [2.75, 3.05) is 0 Å². The van der Waals surface area contributed by atoms with E-state index >= 15 is 0 Å². The van der Waals surface area contributed by atoms with Crippen LogP contribution in [0.2, 0.25) is 0 Å². The molecule has 0 bridgehead atoms. The molecule has 0 saturated heterocycles. The molecule has 0 aliphatic rings. The molecule has 4 heteroatoms. The second kappa shape index (κ2) is 5.37. The van der Waals surface area contributed by atoms with E-state index in [1.54, 1.807) is 18.3 Å². The first-order valence-corrected chi connectivity index (χ1v) is 6.89. The van der Waals surface area contributed by atoms with E-state index < -0.39 is 5.54 Å². The van der Waals surface area contributed by atoms with Gasteiger partial charge in [-0.2, -0.15) is 5.10 Å². The van der Waals surface area contributed by atoms with Crippen LogP contribution < -0.4 is 5.73 Å². The molecule has 108 valence electrons. The molecule has 2 aromatic rings. The van der Waals surface area contributed by atoms with E-state index in [9.17, 15) is 4.39 Å². The van der Waals surface area contributed by atoms with Crippen molar-refractivity contribution in [1.29, 1.82) is 0 Å². The van der Waals surface area contributed by atoms with Crippen LogP contribution in [0.4, 0.5) is 4.39 Å². The SMILES string of the molecule is CC(C)c1c(C(C)(C)N)cnn1Cc1ccccc1F. The van der Waals surface area contributed by atoms with Crippen LogP contribution in [0, 0.1) is 5.82 Å². The quantitative estimate of drug-likeness (QED) is 0.929. The first kappa shape index (κ1) is 14.7. The standard InChI is InChI=1S/C16H22FN3/c1-11(2)15-13(16(3,4)18)9-19-20(15)10-12-7-5-6-8-14(12)17/h5-9,11H,10,18H2,1-4H3. The third-order valence-corrected chi connectivity index (χ3v) is 3.40. The second-order valence-corrected chi connectivity index (χ2v) is 6.07. The highest BCUT2D eigenvalue weighted by atomic mass is 19.1. The number of benzene rings is 1. The van der Waals surface area contributed by atoms with Crippen LogP contribution in [0.15, 0.2) is 30.5 Å². The molecular weight excluding hydrogens is 253 g/mol. The molecule has 0 saturated carbocycles. The Morgan fingerprint density at radius 1 is 1.30 bits per heavy atom. The predicted molar refractivity (Wildman–Crippen MR) is 79.0 cm³/mol. The highest BCUT2D eigenvalue weighted by Crippen LogP contribution is 2.28. The number of aromatic nitrogens is 2. The Bertz CT molecular complexity index is 594. The largest absolute Gasteiger partial charge is 0.322 e. The lowest BCUT2D eigenvalue weighted by Gasteiger charge is -2.22. The molecule has 0 aliphatic heterocycles. The van der Waals surface area contributed by atoms with Crippen LogP contribution in [0.3, 0.4) is 0 Å². The predicted octanol–water partition coefficient (Wildman–Crippen LogP) is 3.39. The van der Waals surface area contributed by atoms with Gasteiger partial charge in [0, 0.05) is 22.4 Å². The monoisotopic (exact) mass is 275 g/mol. The second-order valence-electron chi connectivity index (χ2n) is 6.07. The Hall–Kier alpha value is -1.68. The van der Waals surface area contributed by atoms with E-state index in [0.29, 0.717) is 12.1 Å². The highest BCUT2D eigenvalue weighted by Gasteiger charge is 2.24. The first-order chi connectivity index (χ1) is 9.30. The van der Waals surface area contributed by atoms with Crippen LogP contribution in [0.5, 0.6) is 0 Å². The molecule has 0 amide bonds. The van der Waals surface area contributed by atoms with Gasteiger partial charge in [-0.25, -0.2) is 4.39 Å². The van der Waals surface area contributed by atoms with Crippen molar-refractivity contribution in [1.82, 2.24) is 9.78 Å². The zero-order chi connectivity index (χ0) is 14.9. The van der Waals surface area contributed by atoms with Gasteiger partial charge in [0.15, 0.2) is 0 Å². The summed E-state index contributed by atoms with van der Waals surface area (Å²) in [4.78, 5) is 0. The summed E-state index contributed by atoms with van der Waals surface area (Å²) in [6.07, 6.45) is 1.80. The Labute approximate surface area is 119 Å². The van der Waals surface area contributed by atoms with Gasteiger partial charge in [-0.15, -0.1) is 0 Å².